The molecule has 8 heteroatoms. The van der Waals surface area contributed by atoms with Gasteiger partial charge in [0.05, 0.1) is 16.1 Å². The highest BCUT2D eigenvalue weighted by atomic mass is 35.5. The number of carbonyl (C=O) groups is 1. The highest BCUT2D eigenvalue weighted by Crippen LogP contribution is 2.27. The van der Waals surface area contributed by atoms with Crippen molar-refractivity contribution in [3.8, 4) is 0 Å². The minimum Gasteiger partial charge on any atom is -0.322 e. The Kier molecular flexibility index (Phi) is 5.19. The first kappa shape index (κ1) is 19.3. The summed E-state index contributed by atoms with van der Waals surface area (Å²) in [6.45, 7) is 1.81. The van der Waals surface area contributed by atoms with Crippen molar-refractivity contribution in [2.24, 2.45) is 0 Å². The average molecular weight is 404 g/mol. The van der Waals surface area contributed by atoms with Gasteiger partial charge in [-0.3, -0.25) is 9.78 Å². The maximum atomic E-state index is 12.8. The average Bonchev–Trinajstić information content (AvgIpc) is 2.62. The Morgan fingerprint density at radius 2 is 1.81 bits per heavy atom. The Balaban J connectivity index is 2.01. The summed E-state index contributed by atoms with van der Waals surface area (Å²) in [6.07, 6.45) is 0. The lowest BCUT2D eigenvalue weighted by Gasteiger charge is -2.14. The van der Waals surface area contributed by atoms with E-state index in [1.165, 1.54) is 26.2 Å². The molecular weight excluding hydrogens is 386 g/mol. The van der Waals surface area contributed by atoms with Gasteiger partial charge in [0.2, 0.25) is 10.0 Å². The number of benzene rings is 2. The topological polar surface area (TPSA) is 79.4 Å². The molecule has 0 bridgehead atoms. The number of hydrogen-bond acceptors (Lipinski definition) is 4. The highest BCUT2D eigenvalue weighted by molar-refractivity contribution is 7.89. The number of anilines is 1. The van der Waals surface area contributed by atoms with Gasteiger partial charge in [0.15, 0.2) is 0 Å². The van der Waals surface area contributed by atoms with Gasteiger partial charge in [-0.05, 0) is 37.3 Å². The van der Waals surface area contributed by atoms with Crippen LogP contribution in [0.5, 0.6) is 0 Å². The zero-order valence-corrected chi connectivity index (χ0v) is 16.6. The second-order valence-corrected chi connectivity index (χ2v) is 8.74. The summed E-state index contributed by atoms with van der Waals surface area (Å²) in [5.74, 6) is -0.354. The minimum absolute atomic E-state index is 0.0669. The van der Waals surface area contributed by atoms with Gasteiger partial charge in [-0.1, -0.05) is 29.8 Å². The lowest BCUT2D eigenvalue weighted by molar-refractivity contribution is 0.102. The third-order valence-electron chi connectivity index (χ3n) is 4.04. The van der Waals surface area contributed by atoms with Gasteiger partial charge < -0.3 is 5.32 Å². The molecule has 0 atom stereocenters. The van der Waals surface area contributed by atoms with Crippen molar-refractivity contribution in [2.45, 2.75) is 11.8 Å². The van der Waals surface area contributed by atoms with E-state index in [9.17, 15) is 13.2 Å². The second kappa shape index (κ2) is 7.26. The number of nitrogens with zero attached hydrogens (tertiary/aromatic N) is 2. The lowest BCUT2D eigenvalue weighted by Crippen LogP contribution is -2.23. The SMILES string of the molecule is Cc1cc(C(=O)Nc2ccc(Cl)c(S(=O)(=O)N(C)C)c2)c2ccccc2n1. The van der Waals surface area contributed by atoms with E-state index < -0.39 is 10.0 Å². The van der Waals surface area contributed by atoms with Gasteiger partial charge in [-0.25, -0.2) is 12.7 Å². The van der Waals surface area contributed by atoms with Crippen molar-refractivity contribution in [3.05, 3.63) is 64.8 Å². The first-order valence-electron chi connectivity index (χ1n) is 8.10. The van der Waals surface area contributed by atoms with Crippen molar-refractivity contribution in [3.63, 3.8) is 0 Å². The molecule has 3 rings (SSSR count). The number of pyridine rings is 1. The molecule has 3 aromatic rings. The van der Waals surface area contributed by atoms with Gasteiger partial charge in [-0.15, -0.1) is 0 Å². The van der Waals surface area contributed by atoms with Crippen LogP contribution in [-0.4, -0.2) is 37.7 Å². The number of fused-ring (bicyclic) bond motifs is 1. The minimum atomic E-state index is -3.73. The normalized spacial score (nSPS) is 11.7. The second-order valence-electron chi connectivity index (χ2n) is 6.22. The van der Waals surface area contributed by atoms with Crippen LogP contribution < -0.4 is 5.32 Å². The number of amides is 1. The van der Waals surface area contributed by atoms with E-state index in [0.717, 1.165) is 15.2 Å². The van der Waals surface area contributed by atoms with E-state index in [1.54, 1.807) is 12.1 Å². The van der Waals surface area contributed by atoms with E-state index in [2.05, 4.69) is 10.3 Å². The monoisotopic (exact) mass is 403 g/mol. The van der Waals surface area contributed by atoms with Crippen molar-refractivity contribution >= 4 is 44.1 Å². The largest absolute Gasteiger partial charge is 0.322 e. The van der Waals surface area contributed by atoms with Gasteiger partial charge >= 0.3 is 0 Å². The van der Waals surface area contributed by atoms with E-state index in [0.29, 0.717) is 16.9 Å². The fourth-order valence-corrected chi connectivity index (χ4v) is 4.06. The van der Waals surface area contributed by atoms with Crippen LogP contribution in [0.2, 0.25) is 5.02 Å². The summed E-state index contributed by atoms with van der Waals surface area (Å²) in [7, 11) is -0.893. The first-order valence-corrected chi connectivity index (χ1v) is 9.92. The van der Waals surface area contributed by atoms with Crippen molar-refractivity contribution in [1.82, 2.24) is 9.29 Å². The fourth-order valence-electron chi connectivity index (χ4n) is 2.67. The van der Waals surface area contributed by atoms with Crippen molar-refractivity contribution in [2.75, 3.05) is 19.4 Å². The maximum Gasteiger partial charge on any atom is 0.256 e. The molecule has 0 aliphatic rings. The van der Waals surface area contributed by atoms with E-state index in [4.69, 9.17) is 11.6 Å². The number of aryl methyl sites for hydroxylation is 1. The van der Waals surface area contributed by atoms with Crippen LogP contribution in [0.4, 0.5) is 5.69 Å². The van der Waals surface area contributed by atoms with Gasteiger partial charge in [-0.2, -0.15) is 0 Å². The molecule has 0 saturated carbocycles. The number of rotatable bonds is 4. The van der Waals surface area contributed by atoms with Crippen LogP contribution in [0, 0.1) is 6.92 Å². The Bertz CT molecular complexity index is 1140. The van der Waals surface area contributed by atoms with Gasteiger partial charge in [0.25, 0.3) is 5.91 Å². The third kappa shape index (κ3) is 3.80. The molecule has 0 spiro atoms. The summed E-state index contributed by atoms with van der Waals surface area (Å²) in [5.41, 5.74) is 2.23. The van der Waals surface area contributed by atoms with E-state index >= 15 is 0 Å². The molecule has 0 aliphatic carbocycles. The third-order valence-corrected chi connectivity index (χ3v) is 6.33. The molecule has 1 heterocycles. The summed E-state index contributed by atoms with van der Waals surface area (Å²) < 4.78 is 25.9. The number of carbonyl (C=O) groups excluding carboxylic acids is 1. The molecule has 0 fully saturated rings. The Hall–Kier alpha value is -2.48. The molecule has 0 radical (unpaired) electrons. The zero-order chi connectivity index (χ0) is 19.8. The molecule has 1 aromatic heterocycles. The van der Waals surface area contributed by atoms with Crippen LogP contribution in [0.1, 0.15) is 16.1 Å². The molecule has 0 aliphatic heterocycles. The standard InChI is InChI=1S/C19H18ClN3O3S/c1-12-10-15(14-6-4-5-7-17(14)21-12)19(24)22-13-8-9-16(20)18(11-13)27(25,26)23(2)3/h4-11H,1-3H3,(H,22,24). The molecular formula is C19H18ClN3O3S. The zero-order valence-electron chi connectivity index (χ0n) is 15.0. The smallest absolute Gasteiger partial charge is 0.256 e. The fraction of sp³-hybridized carbons (Fsp3) is 0.158. The van der Waals surface area contributed by atoms with Crippen LogP contribution in [0.25, 0.3) is 10.9 Å². The van der Waals surface area contributed by atoms with Crippen molar-refractivity contribution in [1.29, 1.82) is 0 Å². The van der Waals surface area contributed by atoms with Gasteiger partial charge in [0, 0.05) is 30.9 Å². The molecule has 27 heavy (non-hydrogen) atoms. The molecule has 0 unspecified atom stereocenters. The van der Waals surface area contributed by atoms with Gasteiger partial charge in [0.1, 0.15) is 4.90 Å². The summed E-state index contributed by atoms with van der Waals surface area (Å²) in [4.78, 5) is 17.2. The number of nitrogens with one attached hydrogen (secondary N) is 1. The maximum absolute atomic E-state index is 12.8. The lowest BCUT2D eigenvalue weighted by atomic mass is 10.1. The molecule has 1 N–H and O–H groups in total. The van der Waals surface area contributed by atoms with Crippen LogP contribution in [-0.2, 0) is 10.0 Å². The Morgan fingerprint density at radius 1 is 1.11 bits per heavy atom. The summed E-state index contributed by atoms with van der Waals surface area (Å²) in [5, 5.41) is 3.56. The highest BCUT2D eigenvalue weighted by Gasteiger charge is 2.22. The van der Waals surface area contributed by atoms with E-state index in [1.807, 2.05) is 31.2 Å². The Labute approximate surface area is 162 Å². The number of aromatic nitrogens is 1. The Morgan fingerprint density at radius 3 is 2.52 bits per heavy atom. The summed E-state index contributed by atoms with van der Waals surface area (Å²) in [6, 6.07) is 13.4. The number of halogens is 1. The molecule has 140 valence electrons. The molecule has 2 aromatic carbocycles. The predicted octanol–water partition coefficient (Wildman–Crippen LogP) is 3.70. The van der Waals surface area contributed by atoms with Crippen LogP contribution >= 0.6 is 11.6 Å². The number of hydrogen-bond donors (Lipinski definition) is 1. The predicted molar refractivity (Wildman–Crippen MR) is 107 cm³/mol. The first-order chi connectivity index (χ1) is 12.7. The summed E-state index contributed by atoms with van der Waals surface area (Å²) >= 11 is 6.05. The quantitative estimate of drug-likeness (QED) is 0.720. The van der Waals surface area contributed by atoms with E-state index in [-0.39, 0.29) is 15.8 Å². The van der Waals surface area contributed by atoms with Crippen LogP contribution in [0.15, 0.2) is 53.4 Å². The number of sulfonamides is 1. The molecule has 1 amide bonds. The van der Waals surface area contributed by atoms with Crippen LogP contribution in [0.3, 0.4) is 0 Å². The molecule has 6 nitrogen and oxygen atoms in total. The van der Waals surface area contributed by atoms with Crippen molar-refractivity contribution < 1.29 is 13.2 Å². The molecule has 0 saturated heterocycles. The number of para-hydroxylation sites is 1.